The first-order valence-electron chi connectivity index (χ1n) is 11.5. The largest absolute Gasteiger partial charge is 0.352 e. The Balaban J connectivity index is 1.55. The summed E-state index contributed by atoms with van der Waals surface area (Å²) in [6.07, 6.45) is 17.4. The van der Waals surface area contributed by atoms with Crippen LogP contribution < -0.4 is 5.32 Å². The summed E-state index contributed by atoms with van der Waals surface area (Å²) < 4.78 is 2.57. The maximum absolute atomic E-state index is 5.93. The van der Waals surface area contributed by atoms with Crippen molar-refractivity contribution < 1.29 is 0 Å². The minimum atomic E-state index is 0.114. The number of hydrogen-bond donors (Lipinski definition) is 1. The highest BCUT2D eigenvalue weighted by Crippen LogP contribution is 2.44. The predicted octanol–water partition coefficient (Wildman–Crippen LogP) is 5.69. The van der Waals surface area contributed by atoms with Crippen molar-refractivity contribution in [2.45, 2.75) is 88.4 Å². The van der Waals surface area contributed by atoms with Gasteiger partial charge in [0.05, 0.1) is 17.8 Å². The molecule has 0 unspecified atom stereocenters. The van der Waals surface area contributed by atoms with E-state index in [1.807, 2.05) is 12.3 Å². The van der Waals surface area contributed by atoms with E-state index >= 15 is 0 Å². The summed E-state index contributed by atoms with van der Waals surface area (Å²) >= 11 is 5.93. The number of rotatable bonds is 4. The summed E-state index contributed by atoms with van der Waals surface area (Å²) in [5, 5.41) is 4.58. The van der Waals surface area contributed by atoms with Crippen LogP contribution in [0.15, 0.2) is 42.7 Å². The van der Waals surface area contributed by atoms with Crippen LogP contribution in [0.25, 0.3) is 0 Å². The van der Waals surface area contributed by atoms with Crippen LogP contribution in [0, 0.1) is 0 Å². The first-order chi connectivity index (χ1) is 14.3. The third-order valence-corrected chi connectivity index (χ3v) is 7.51. The lowest BCUT2D eigenvalue weighted by molar-refractivity contribution is 0.187. The fourth-order valence-electron chi connectivity index (χ4n) is 5.78. The van der Waals surface area contributed by atoms with Crippen LogP contribution in [0.4, 0.5) is 0 Å². The fraction of sp³-hybridized carbons (Fsp3) is 0.583. The van der Waals surface area contributed by atoms with Crippen LogP contribution in [-0.2, 0) is 0 Å². The van der Waals surface area contributed by atoms with Crippen molar-refractivity contribution in [1.82, 2.24) is 19.8 Å². The smallest absolute Gasteiger partial charge is 0.170 e. The van der Waals surface area contributed by atoms with Gasteiger partial charge in [-0.25, -0.2) is 0 Å². The summed E-state index contributed by atoms with van der Waals surface area (Å²) in [6.45, 7) is 0. The van der Waals surface area contributed by atoms with Gasteiger partial charge < -0.3 is 14.8 Å². The van der Waals surface area contributed by atoms with E-state index in [0.29, 0.717) is 12.1 Å². The number of thiocarbonyl (C=S) groups is 1. The van der Waals surface area contributed by atoms with Gasteiger partial charge in [-0.2, -0.15) is 0 Å². The molecule has 2 saturated carbocycles. The molecular weight excluding hydrogens is 376 g/mol. The van der Waals surface area contributed by atoms with E-state index in [1.165, 1.54) is 69.9 Å². The average molecular weight is 409 g/mol. The number of pyridine rings is 1. The van der Waals surface area contributed by atoms with E-state index in [-0.39, 0.29) is 12.1 Å². The zero-order valence-electron chi connectivity index (χ0n) is 17.2. The zero-order valence-corrected chi connectivity index (χ0v) is 18.0. The molecule has 1 N–H and O–H groups in total. The molecule has 0 spiro atoms. The maximum Gasteiger partial charge on any atom is 0.170 e. The SMILES string of the molecule is S=C1N[C@H](c2ccccn2)[C@@H](c2cccn2C2CCCCC2)N1C1CCCCC1. The topological polar surface area (TPSA) is 33.1 Å². The van der Waals surface area contributed by atoms with Gasteiger partial charge in [0.2, 0.25) is 0 Å². The van der Waals surface area contributed by atoms with Crippen LogP contribution in [0.1, 0.15) is 93.7 Å². The molecule has 0 radical (unpaired) electrons. The minimum absolute atomic E-state index is 0.114. The van der Waals surface area contributed by atoms with Gasteiger partial charge in [0.15, 0.2) is 5.11 Å². The van der Waals surface area contributed by atoms with Gasteiger partial charge in [-0.15, -0.1) is 0 Å². The molecule has 3 aliphatic rings. The molecule has 3 heterocycles. The lowest BCUT2D eigenvalue weighted by Gasteiger charge is -2.38. The van der Waals surface area contributed by atoms with Gasteiger partial charge in [0.1, 0.15) is 0 Å². The van der Waals surface area contributed by atoms with Crippen molar-refractivity contribution in [3.8, 4) is 0 Å². The highest BCUT2D eigenvalue weighted by atomic mass is 32.1. The highest BCUT2D eigenvalue weighted by Gasteiger charge is 2.44. The van der Waals surface area contributed by atoms with Crippen LogP contribution in [0.5, 0.6) is 0 Å². The Hall–Kier alpha value is -1.88. The van der Waals surface area contributed by atoms with Crippen LogP contribution >= 0.6 is 12.2 Å². The number of hydrogen-bond acceptors (Lipinski definition) is 2. The molecular formula is C24H32N4S. The molecule has 2 aromatic heterocycles. The van der Waals surface area contributed by atoms with E-state index < -0.39 is 0 Å². The number of nitrogens with one attached hydrogen (secondary N) is 1. The molecule has 0 amide bonds. The first kappa shape index (κ1) is 19.1. The lowest BCUT2D eigenvalue weighted by Crippen LogP contribution is -2.41. The van der Waals surface area contributed by atoms with Gasteiger partial charge in [0, 0.05) is 30.2 Å². The highest BCUT2D eigenvalue weighted by molar-refractivity contribution is 7.80. The van der Waals surface area contributed by atoms with E-state index in [4.69, 9.17) is 17.2 Å². The Morgan fingerprint density at radius 1 is 0.862 bits per heavy atom. The number of nitrogens with zero attached hydrogens (tertiary/aromatic N) is 3. The van der Waals surface area contributed by atoms with Gasteiger partial charge in [-0.05, 0) is 62.2 Å². The second-order valence-corrected chi connectivity index (χ2v) is 9.34. The Morgan fingerprint density at radius 2 is 1.59 bits per heavy atom. The Morgan fingerprint density at radius 3 is 2.28 bits per heavy atom. The summed E-state index contributed by atoms with van der Waals surface area (Å²) in [7, 11) is 0. The molecule has 0 aromatic carbocycles. The summed E-state index contributed by atoms with van der Waals surface area (Å²) in [5.41, 5.74) is 2.50. The van der Waals surface area contributed by atoms with Crippen molar-refractivity contribution in [2.75, 3.05) is 0 Å². The molecule has 4 nitrogen and oxygen atoms in total. The Kier molecular flexibility index (Phi) is 5.58. The quantitative estimate of drug-likeness (QED) is 0.659. The lowest BCUT2D eigenvalue weighted by atomic mass is 9.91. The average Bonchev–Trinajstić information content (AvgIpc) is 3.40. The fourth-order valence-corrected chi connectivity index (χ4v) is 6.17. The van der Waals surface area contributed by atoms with Crippen LogP contribution in [0.3, 0.4) is 0 Å². The van der Waals surface area contributed by atoms with Crippen molar-refractivity contribution in [3.05, 3.63) is 54.1 Å². The van der Waals surface area contributed by atoms with Crippen molar-refractivity contribution >= 4 is 17.3 Å². The van der Waals surface area contributed by atoms with E-state index in [0.717, 1.165) is 10.8 Å². The predicted molar refractivity (Wildman–Crippen MR) is 121 cm³/mol. The number of aromatic nitrogens is 2. The molecule has 29 heavy (non-hydrogen) atoms. The Labute approximate surface area is 179 Å². The maximum atomic E-state index is 5.93. The van der Waals surface area contributed by atoms with Crippen molar-refractivity contribution in [3.63, 3.8) is 0 Å². The van der Waals surface area contributed by atoms with Crippen LogP contribution in [0.2, 0.25) is 0 Å². The zero-order chi connectivity index (χ0) is 19.6. The van der Waals surface area contributed by atoms with Gasteiger partial charge >= 0.3 is 0 Å². The van der Waals surface area contributed by atoms with Crippen molar-refractivity contribution in [1.29, 1.82) is 0 Å². The molecule has 1 aliphatic heterocycles. The molecule has 2 atom stereocenters. The van der Waals surface area contributed by atoms with E-state index in [9.17, 15) is 0 Å². The molecule has 5 rings (SSSR count). The minimum Gasteiger partial charge on any atom is -0.352 e. The van der Waals surface area contributed by atoms with Crippen LogP contribution in [-0.4, -0.2) is 25.6 Å². The third kappa shape index (κ3) is 3.70. The second kappa shape index (κ2) is 8.47. The third-order valence-electron chi connectivity index (χ3n) is 7.19. The van der Waals surface area contributed by atoms with Gasteiger partial charge in [0.25, 0.3) is 0 Å². The Bertz CT molecular complexity index is 820. The molecule has 154 valence electrons. The molecule has 2 aromatic rings. The van der Waals surface area contributed by atoms with E-state index in [2.05, 4.69) is 45.2 Å². The molecule has 0 bridgehead atoms. The molecule has 2 aliphatic carbocycles. The second-order valence-electron chi connectivity index (χ2n) is 8.96. The summed E-state index contributed by atoms with van der Waals surface area (Å²) in [6, 6.07) is 12.3. The molecule has 3 fully saturated rings. The summed E-state index contributed by atoms with van der Waals surface area (Å²) in [4.78, 5) is 7.26. The van der Waals surface area contributed by atoms with Gasteiger partial charge in [-0.1, -0.05) is 44.6 Å². The molecule has 1 saturated heterocycles. The van der Waals surface area contributed by atoms with Gasteiger partial charge in [-0.3, -0.25) is 4.98 Å². The first-order valence-corrected chi connectivity index (χ1v) is 11.9. The van der Waals surface area contributed by atoms with E-state index in [1.54, 1.807) is 0 Å². The molecule has 5 heteroatoms. The summed E-state index contributed by atoms with van der Waals surface area (Å²) in [5.74, 6) is 0. The van der Waals surface area contributed by atoms with Crippen molar-refractivity contribution in [2.24, 2.45) is 0 Å². The monoisotopic (exact) mass is 408 g/mol. The normalized spacial score (nSPS) is 26.6. The standard InChI is InChI=1S/C24H32N4S/c29-24-26-22(20-14-7-8-16-25-20)23(28(24)19-12-5-2-6-13-19)21-15-9-17-27(21)18-10-3-1-4-11-18/h7-9,14-19,22-23H,1-6,10-13H2,(H,26,29)/t22-,23-/m1/s1.